The molecule has 0 aliphatic carbocycles. The molecule has 0 saturated heterocycles. The third kappa shape index (κ3) is 6.90. The minimum atomic E-state index is 0.893. The highest BCUT2D eigenvalue weighted by Gasteiger charge is 2.18. The molecule has 1 aromatic heterocycles. The molecule has 0 atom stereocenters. The number of rotatable bonds is 8. The Balaban J connectivity index is 0.920. The van der Waals surface area contributed by atoms with Crippen LogP contribution in [0.25, 0.3) is 110 Å². The minimum absolute atomic E-state index is 0.893. The van der Waals surface area contributed by atoms with E-state index in [1.165, 1.54) is 65.9 Å². The lowest BCUT2D eigenvalue weighted by Crippen LogP contribution is -2.09. The van der Waals surface area contributed by atoms with E-state index >= 15 is 0 Å². The van der Waals surface area contributed by atoms with E-state index in [0.29, 0.717) is 0 Å². The predicted octanol–water partition coefficient (Wildman–Crippen LogP) is 18.9. The molecule has 0 N–H and O–H groups in total. The van der Waals surface area contributed by atoms with Gasteiger partial charge in [-0.1, -0.05) is 188 Å². The Morgan fingerprint density at radius 2 is 0.721 bits per heavy atom. The summed E-state index contributed by atoms with van der Waals surface area (Å²) in [6, 6.07) is 94.4. The number of anilines is 3. The summed E-state index contributed by atoms with van der Waals surface area (Å²) in [4.78, 5) is 2.37. The smallest absolute Gasteiger partial charge is 0.143 e. The topological polar surface area (TPSA) is 16.4 Å². The van der Waals surface area contributed by atoms with Crippen LogP contribution in [0.3, 0.4) is 0 Å². The maximum atomic E-state index is 6.58. The van der Waals surface area contributed by atoms with Crippen molar-refractivity contribution in [3.8, 4) is 55.6 Å². The lowest BCUT2D eigenvalue weighted by atomic mass is 9.93. The molecule has 2 heteroatoms. The molecule has 0 radical (unpaired) electrons. The molecule has 13 rings (SSSR count). The first-order valence-electron chi connectivity index (χ1n) is 23.3. The lowest BCUT2D eigenvalue weighted by molar-refractivity contribution is 0.673. The summed E-state index contributed by atoms with van der Waals surface area (Å²) in [5.41, 5.74) is 16.9. The average molecular weight is 866 g/mol. The van der Waals surface area contributed by atoms with Gasteiger partial charge in [-0.05, 0) is 155 Å². The number of hydrogen-bond acceptors (Lipinski definition) is 2. The summed E-state index contributed by atoms with van der Waals surface area (Å²) in [7, 11) is 0. The molecule has 1 heterocycles. The summed E-state index contributed by atoms with van der Waals surface area (Å²) in [5, 5.41) is 9.60. The second-order valence-electron chi connectivity index (χ2n) is 17.6. The minimum Gasteiger partial charge on any atom is -0.455 e. The molecular formula is C66H43NO. The molecule has 12 aromatic carbocycles. The van der Waals surface area contributed by atoms with E-state index in [1.54, 1.807) is 0 Å². The first kappa shape index (κ1) is 39.4. The summed E-state index contributed by atoms with van der Waals surface area (Å²) < 4.78 is 6.58. The van der Waals surface area contributed by atoms with E-state index < -0.39 is 0 Å². The highest BCUT2D eigenvalue weighted by atomic mass is 16.3. The second kappa shape index (κ2) is 16.5. The van der Waals surface area contributed by atoms with E-state index in [1.807, 2.05) is 0 Å². The van der Waals surface area contributed by atoms with Gasteiger partial charge in [0.05, 0.1) is 0 Å². The SMILES string of the molecule is c1ccc(-c2cc(-c3ccccc3)cc(-c3ccc(N(c4ccc(-c5cc6ccccc6c6ccccc56)cc4)c4ccc(-c5cccc6oc7c8ccccc8ccc7c56)cc4)cc3)c2)cc1. The van der Waals surface area contributed by atoms with Crippen LogP contribution in [-0.2, 0) is 0 Å². The van der Waals surface area contributed by atoms with Crippen molar-refractivity contribution in [3.05, 3.63) is 261 Å². The van der Waals surface area contributed by atoms with Gasteiger partial charge in [0.1, 0.15) is 11.2 Å². The summed E-state index contributed by atoms with van der Waals surface area (Å²) in [6.07, 6.45) is 0. The van der Waals surface area contributed by atoms with Gasteiger partial charge in [-0.2, -0.15) is 0 Å². The molecule has 13 aromatic rings. The van der Waals surface area contributed by atoms with E-state index in [-0.39, 0.29) is 0 Å². The highest BCUT2D eigenvalue weighted by Crippen LogP contribution is 2.43. The Kier molecular flexibility index (Phi) is 9.54. The largest absolute Gasteiger partial charge is 0.455 e. The summed E-state index contributed by atoms with van der Waals surface area (Å²) in [6.45, 7) is 0. The molecule has 0 spiro atoms. The number of nitrogens with zero attached hydrogens (tertiary/aromatic N) is 1. The molecule has 2 nitrogen and oxygen atoms in total. The monoisotopic (exact) mass is 865 g/mol. The van der Waals surface area contributed by atoms with E-state index in [9.17, 15) is 0 Å². The average Bonchev–Trinajstić information content (AvgIpc) is 3.82. The Labute approximate surface area is 395 Å². The van der Waals surface area contributed by atoms with Crippen molar-refractivity contribution >= 4 is 71.3 Å². The quantitative estimate of drug-likeness (QED) is 0.142. The van der Waals surface area contributed by atoms with Crippen LogP contribution in [0.15, 0.2) is 265 Å². The van der Waals surface area contributed by atoms with Crippen LogP contribution in [0.1, 0.15) is 0 Å². The zero-order valence-electron chi connectivity index (χ0n) is 37.2. The van der Waals surface area contributed by atoms with Crippen LogP contribution in [0.5, 0.6) is 0 Å². The Morgan fingerprint density at radius 1 is 0.250 bits per heavy atom. The molecule has 318 valence electrons. The van der Waals surface area contributed by atoms with Gasteiger partial charge in [0, 0.05) is 33.2 Å². The highest BCUT2D eigenvalue weighted by molar-refractivity contribution is 6.19. The molecule has 0 unspecified atom stereocenters. The van der Waals surface area contributed by atoms with E-state index in [4.69, 9.17) is 4.42 Å². The van der Waals surface area contributed by atoms with Crippen LogP contribution in [-0.4, -0.2) is 0 Å². The number of hydrogen-bond donors (Lipinski definition) is 0. The Bertz CT molecular complexity index is 3930. The van der Waals surface area contributed by atoms with Crippen molar-refractivity contribution < 1.29 is 4.42 Å². The van der Waals surface area contributed by atoms with Crippen molar-refractivity contribution in [2.45, 2.75) is 0 Å². The number of fused-ring (bicyclic) bond motifs is 8. The zero-order chi connectivity index (χ0) is 45.0. The summed E-state index contributed by atoms with van der Waals surface area (Å²) in [5.74, 6) is 0. The third-order valence-electron chi connectivity index (χ3n) is 13.6. The van der Waals surface area contributed by atoms with Crippen LogP contribution in [0.4, 0.5) is 17.1 Å². The number of benzene rings is 12. The van der Waals surface area contributed by atoms with Gasteiger partial charge < -0.3 is 9.32 Å². The molecule has 0 amide bonds. The van der Waals surface area contributed by atoms with Crippen LogP contribution >= 0.6 is 0 Å². The zero-order valence-corrected chi connectivity index (χ0v) is 37.2. The fourth-order valence-electron chi connectivity index (χ4n) is 10.3. The van der Waals surface area contributed by atoms with Gasteiger partial charge in [0.25, 0.3) is 0 Å². The molecule has 0 fully saturated rings. The van der Waals surface area contributed by atoms with Gasteiger partial charge in [0.2, 0.25) is 0 Å². The normalized spacial score (nSPS) is 11.5. The predicted molar refractivity (Wildman–Crippen MR) is 288 cm³/mol. The van der Waals surface area contributed by atoms with E-state index in [2.05, 4.69) is 266 Å². The lowest BCUT2D eigenvalue weighted by Gasteiger charge is -2.26. The third-order valence-corrected chi connectivity index (χ3v) is 13.6. The maximum Gasteiger partial charge on any atom is 0.143 e. The standard InChI is InChI=1S/C66H43NO/c1-3-14-44(15-4-1)51-40-52(45-16-5-2-6-17-45)42-53(41-51)46-26-33-54(34-27-46)67(56-37-30-49(31-38-56)63-43-50-19-8-9-20-57(50)60-22-11-12-23-61(60)63)55-35-28-48(29-36-55)58-24-13-25-64-65(58)62-39-32-47-18-7-10-21-59(47)66(62)68-64/h1-43H. The van der Waals surface area contributed by atoms with Gasteiger partial charge in [-0.3, -0.25) is 0 Å². The molecule has 68 heavy (non-hydrogen) atoms. The fraction of sp³-hybridized carbons (Fsp3) is 0. The second-order valence-corrected chi connectivity index (χ2v) is 17.6. The Morgan fingerprint density at radius 3 is 1.32 bits per heavy atom. The van der Waals surface area contributed by atoms with Gasteiger partial charge >= 0.3 is 0 Å². The first-order valence-corrected chi connectivity index (χ1v) is 23.3. The van der Waals surface area contributed by atoms with Crippen LogP contribution in [0, 0.1) is 0 Å². The van der Waals surface area contributed by atoms with Crippen molar-refractivity contribution in [2.24, 2.45) is 0 Å². The maximum absolute atomic E-state index is 6.58. The molecule has 0 aliphatic rings. The van der Waals surface area contributed by atoms with Gasteiger partial charge in [-0.25, -0.2) is 0 Å². The van der Waals surface area contributed by atoms with Gasteiger partial charge in [-0.15, -0.1) is 0 Å². The van der Waals surface area contributed by atoms with E-state index in [0.717, 1.165) is 61.1 Å². The Hall–Kier alpha value is -8.98. The van der Waals surface area contributed by atoms with Crippen molar-refractivity contribution in [3.63, 3.8) is 0 Å². The van der Waals surface area contributed by atoms with Crippen LogP contribution in [0.2, 0.25) is 0 Å². The summed E-state index contributed by atoms with van der Waals surface area (Å²) >= 11 is 0. The molecule has 0 saturated carbocycles. The fourth-order valence-corrected chi connectivity index (χ4v) is 10.3. The van der Waals surface area contributed by atoms with Crippen molar-refractivity contribution in [1.29, 1.82) is 0 Å². The van der Waals surface area contributed by atoms with Crippen molar-refractivity contribution in [1.82, 2.24) is 0 Å². The van der Waals surface area contributed by atoms with Crippen molar-refractivity contribution in [2.75, 3.05) is 4.90 Å². The first-order chi connectivity index (χ1) is 33.7. The van der Waals surface area contributed by atoms with Gasteiger partial charge in [0.15, 0.2) is 0 Å². The van der Waals surface area contributed by atoms with Crippen LogP contribution < -0.4 is 4.90 Å². The molecule has 0 bridgehead atoms. The molecular weight excluding hydrogens is 823 g/mol. The molecule has 0 aliphatic heterocycles. The number of furan rings is 1.